The van der Waals surface area contributed by atoms with Gasteiger partial charge in [-0.25, -0.2) is 12.1 Å². The first-order valence-corrected chi connectivity index (χ1v) is 3.33. The van der Waals surface area contributed by atoms with Gasteiger partial charge in [0, 0.05) is 17.1 Å². The van der Waals surface area contributed by atoms with Gasteiger partial charge >= 0.3 is 18.9 Å². The van der Waals surface area contributed by atoms with E-state index in [1.165, 1.54) is 0 Å². The van der Waals surface area contributed by atoms with Crippen molar-refractivity contribution in [3.8, 4) is 0 Å². The molecule has 0 radical (unpaired) electrons. The van der Waals surface area contributed by atoms with Crippen molar-refractivity contribution in [3.05, 3.63) is 60.7 Å². The van der Waals surface area contributed by atoms with Gasteiger partial charge in [0.1, 0.15) is 0 Å². The molecular weight excluding hydrogens is 183 g/mol. The van der Waals surface area contributed by atoms with Crippen LogP contribution in [0.5, 0.6) is 0 Å². The van der Waals surface area contributed by atoms with E-state index in [0.29, 0.717) is 0 Å². The van der Waals surface area contributed by atoms with Gasteiger partial charge in [-0.15, -0.1) is 0 Å². The van der Waals surface area contributed by atoms with E-state index in [9.17, 15) is 0 Å². The van der Waals surface area contributed by atoms with Crippen LogP contribution in [-0.2, 0) is 17.1 Å². The minimum atomic E-state index is 0. The maximum absolute atomic E-state index is 2.00. The molecule has 0 fully saturated rings. The molecule has 0 spiro atoms. The molecule has 0 N–H and O–H groups in total. The van der Waals surface area contributed by atoms with E-state index in [-0.39, 0.29) is 35.9 Å². The topological polar surface area (TPSA) is 0 Å². The first-order chi connectivity index (χ1) is 5.00. The van der Waals surface area contributed by atoms with Crippen LogP contribution in [0.1, 0.15) is 0 Å². The van der Waals surface area contributed by atoms with E-state index < -0.39 is 0 Å². The van der Waals surface area contributed by atoms with Crippen LogP contribution in [0.3, 0.4) is 0 Å². The van der Waals surface area contributed by atoms with Crippen molar-refractivity contribution in [1.82, 2.24) is 0 Å². The second kappa shape index (κ2) is 10.8. The Morgan fingerprint density at radius 2 is 1.00 bits per heavy atom. The molecule has 0 amide bonds. The van der Waals surface area contributed by atoms with Gasteiger partial charge in [0.25, 0.3) is 0 Å². The van der Waals surface area contributed by atoms with Crippen LogP contribution in [0, 0.1) is 0 Å². The summed E-state index contributed by atoms with van der Waals surface area (Å²) in [4.78, 5) is 0. The zero-order valence-electron chi connectivity index (χ0n) is 7.13. The van der Waals surface area contributed by atoms with Crippen molar-refractivity contribution >= 4 is 0 Å². The summed E-state index contributed by atoms with van der Waals surface area (Å²) in [7, 11) is 0. The number of hydrogen-bond donors (Lipinski definition) is 0. The van der Waals surface area contributed by atoms with E-state index in [4.69, 9.17) is 0 Å². The van der Waals surface area contributed by atoms with Crippen LogP contribution in [-0.4, -0.2) is 0 Å². The van der Waals surface area contributed by atoms with Gasteiger partial charge in [0.05, 0.1) is 0 Å². The fourth-order valence-corrected chi connectivity index (χ4v) is 0.642. The molecular formula is C10H10FeLi-5. The van der Waals surface area contributed by atoms with Crippen LogP contribution in [0.25, 0.3) is 0 Å². The fourth-order valence-electron chi connectivity index (χ4n) is 0.642. The predicted octanol–water partition coefficient (Wildman–Crippen LogP) is -0.187. The Kier molecular flexibility index (Phi) is 12.9. The average Bonchev–Trinajstić information content (AvgIpc) is 2.67. The molecule has 0 saturated heterocycles. The minimum Gasteiger partial charge on any atom is -0.748 e. The van der Waals surface area contributed by atoms with Crippen molar-refractivity contribution in [2.24, 2.45) is 0 Å². The fraction of sp³-hybridized carbons (Fsp3) is 0. The molecule has 0 atom stereocenters. The van der Waals surface area contributed by atoms with Crippen LogP contribution in [0.15, 0.2) is 60.7 Å². The van der Waals surface area contributed by atoms with E-state index in [2.05, 4.69) is 0 Å². The number of hydrogen-bond acceptors (Lipinski definition) is 0. The summed E-state index contributed by atoms with van der Waals surface area (Å²) in [5.41, 5.74) is 0. The average molecular weight is 193 g/mol. The van der Waals surface area contributed by atoms with Crippen LogP contribution in [0.4, 0.5) is 0 Å². The molecule has 0 aromatic heterocycles. The number of rotatable bonds is 0. The summed E-state index contributed by atoms with van der Waals surface area (Å²) in [6.07, 6.45) is 0. The largest absolute Gasteiger partial charge is 1.00 e. The van der Waals surface area contributed by atoms with Gasteiger partial charge in [-0.05, 0) is 0 Å². The third-order valence-corrected chi connectivity index (χ3v) is 1.11. The van der Waals surface area contributed by atoms with Crippen molar-refractivity contribution in [2.45, 2.75) is 0 Å². The normalized spacial score (nSPS) is 6.67. The molecule has 0 saturated carbocycles. The van der Waals surface area contributed by atoms with Crippen molar-refractivity contribution in [2.75, 3.05) is 0 Å². The van der Waals surface area contributed by atoms with E-state index in [1.54, 1.807) is 0 Å². The molecule has 2 aromatic rings. The summed E-state index contributed by atoms with van der Waals surface area (Å²) < 4.78 is 0. The van der Waals surface area contributed by atoms with Gasteiger partial charge in [-0.1, -0.05) is 0 Å². The molecule has 12 heavy (non-hydrogen) atoms. The Morgan fingerprint density at radius 1 is 0.667 bits per heavy atom. The van der Waals surface area contributed by atoms with E-state index >= 15 is 0 Å². The monoisotopic (exact) mass is 193 g/mol. The Morgan fingerprint density at radius 3 is 1.17 bits per heavy atom. The molecule has 0 heterocycles. The van der Waals surface area contributed by atoms with E-state index in [0.717, 1.165) is 0 Å². The van der Waals surface area contributed by atoms with Crippen molar-refractivity contribution < 1.29 is 35.9 Å². The first-order valence-electron chi connectivity index (χ1n) is 3.33. The third-order valence-electron chi connectivity index (χ3n) is 1.11. The SMILES string of the molecule is [Fe].[Li+].[cH-]1[cH-][cH-][cH-][cH-]1.c1cc[cH-]c1. The molecule has 0 aliphatic carbocycles. The first kappa shape index (κ1) is 14.3. The van der Waals surface area contributed by atoms with Gasteiger partial charge in [-0.3, -0.25) is 0 Å². The van der Waals surface area contributed by atoms with Gasteiger partial charge in [-0.2, -0.15) is 18.2 Å². The molecule has 0 aliphatic rings. The zero-order valence-corrected chi connectivity index (χ0v) is 8.23. The molecule has 64 valence electrons. The Balaban J connectivity index is 0. The summed E-state index contributed by atoms with van der Waals surface area (Å²) in [5, 5.41) is 0. The molecule has 0 aliphatic heterocycles. The summed E-state index contributed by atoms with van der Waals surface area (Å²) in [6.45, 7) is 0. The molecule has 2 aromatic carbocycles. The molecule has 2 heteroatoms. The summed E-state index contributed by atoms with van der Waals surface area (Å²) in [6, 6.07) is 20.0. The molecule has 0 unspecified atom stereocenters. The quantitative estimate of drug-likeness (QED) is 0.402. The van der Waals surface area contributed by atoms with Gasteiger partial charge in [0.2, 0.25) is 0 Å². The van der Waals surface area contributed by atoms with Crippen molar-refractivity contribution in [3.63, 3.8) is 0 Å². The van der Waals surface area contributed by atoms with Crippen molar-refractivity contribution in [1.29, 1.82) is 0 Å². The maximum atomic E-state index is 2.00. The second-order valence-corrected chi connectivity index (χ2v) is 1.92. The molecule has 2 rings (SSSR count). The standard InChI is InChI=1S/2C5H5.Fe.Li/c2*1-2-4-5-3-1;;/h2*1-5H;;/q-5;-1;;+1. The van der Waals surface area contributed by atoms with Crippen LogP contribution >= 0.6 is 0 Å². The summed E-state index contributed by atoms with van der Waals surface area (Å²) >= 11 is 0. The zero-order chi connectivity index (χ0) is 7.07. The van der Waals surface area contributed by atoms with E-state index in [1.807, 2.05) is 60.7 Å². The third kappa shape index (κ3) is 7.92. The maximum Gasteiger partial charge on any atom is 1.00 e. The van der Waals surface area contributed by atoms with Gasteiger partial charge < -0.3 is 30.3 Å². The summed E-state index contributed by atoms with van der Waals surface area (Å²) in [5.74, 6) is 0. The van der Waals surface area contributed by atoms with Crippen LogP contribution in [0.2, 0.25) is 0 Å². The second-order valence-electron chi connectivity index (χ2n) is 1.92. The Labute approximate surface area is 96.4 Å². The van der Waals surface area contributed by atoms with Crippen LogP contribution < -0.4 is 18.9 Å². The predicted molar refractivity (Wildman–Crippen MR) is 44.1 cm³/mol. The molecule has 0 bridgehead atoms. The minimum absolute atomic E-state index is 0. The molecule has 0 nitrogen and oxygen atoms in total. The van der Waals surface area contributed by atoms with Gasteiger partial charge in [0.15, 0.2) is 0 Å². The Bertz CT molecular complexity index is 149. The smallest absolute Gasteiger partial charge is 0.748 e. The Hall–Kier alpha value is -0.183.